The van der Waals surface area contributed by atoms with Gasteiger partial charge in [-0.05, 0) is 77.4 Å². The number of hydrogen-bond acceptors (Lipinski definition) is 0. The first-order valence-electron chi connectivity index (χ1n) is 9.86. The Morgan fingerprint density at radius 2 is 1.54 bits per heavy atom. The molecule has 0 amide bonds. The highest BCUT2D eigenvalue weighted by atomic mass is 35.5. The number of rotatable bonds is 4. The Morgan fingerprint density at radius 3 is 2.29 bits per heavy atom. The van der Waals surface area contributed by atoms with Crippen LogP contribution in [0.2, 0.25) is 5.02 Å². The maximum absolute atomic E-state index is 13.6. The molecule has 0 saturated heterocycles. The number of benzene rings is 3. The van der Waals surface area contributed by atoms with Crippen LogP contribution < -0.4 is 0 Å². The second-order valence-corrected chi connectivity index (χ2v) is 7.78. The minimum absolute atomic E-state index is 0.120. The minimum Gasteiger partial charge on any atom is -0.205 e. The molecular weight excluding hydrogens is 367 g/mol. The van der Waals surface area contributed by atoms with E-state index in [9.17, 15) is 4.39 Å². The summed E-state index contributed by atoms with van der Waals surface area (Å²) >= 11 is 5.73. The van der Waals surface area contributed by atoms with Crippen molar-refractivity contribution in [2.24, 2.45) is 0 Å². The summed E-state index contributed by atoms with van der Waals surface area (Å²) < 4.78 is 13.6. The molecule has 0 fully saturated rings. The van der Waals surface area contributed by atoms with Gasteiger partial charge in [0.2, 0.25) is 0 Å². The van der Waals surface area contributed by atoms with Crippen molar-refractivity contribution < 1.29 is 4.39 Å². The average molecular weight is 389 g/mol. The van der Waals surface area contributed by atoms with Crippen LogP contribution in [0.15, 0.2) is 54.6 Å². The van der Waals surface area contributed by atoms with E-state index in [0.717, 1.165) is 18.4 Å². The lowest BCUT2D eigenvalue weighted by Crippen LogP contribution is -1.88. The highest BCUT2D eigenvalue weighted by Crippen LogP contribution is 2.37. The highest BCUT2D eigenvalue weighted by molar-refractivity contribution is 6.30. The first-order chi connectivity index (χ1) is 13.6. The Kier molecular flexibility index (Phi) is 5.51. The lowest BCUT2D eigenvalue weighted by molar-refractivity contribution is 0.628. The molecule has 28 heavy (non-hydrogen) atoms. The van der Waals surface area contributed by atoms with Gasteiger partial charge in [-0.2, -0.15) is 0 Å². The molecule has 0 unspecified atom stereocenters. The lowest BCUT2D eigenvalue weighted by atomic mass is 10.00. The first kappa shape index (κ1) is 18.8. The molecule has 1 aliphatic rings. The summed E-state index contributed by atoms with van der Waals surface area (Å²) in [5.41, 5.74) is 8.38. The number of halogens is 2. The molecule has 0 aromatic heterocycles. The van der Waals surface area contributed by atoms with Crippen LogP contribution in [0.4, 0.5) is 4.39 Å². The summed E-state index contributed by atoms with van der Waals surface area (Å²) in [6, 6.07) is 17.9. The van der Waals surface area contributed by atoms with Crippen LogP contribution in [0.25, 0.3) is 11.1 Å². The monoisotopic (exact) mass is 388 g/mol. The lowest BCUT2D eigenvalue weighted by Gasteiger charge is -2.05. The maximum atomic E-state index is 13.6. The van der Waals surface area contributed by atoms with Crippen molar-refractivity contribution in [2.45, 2.75) is 39.0 Å². The van der Waals surface area contributed by atoms with E-state index in [1.165, 1.54) is 53.1 Å². The number of hydrogen-bond donors (Lipinski definition) is 0. The second-order valence-electron chi connectivity index (χ2n) is 7.38. The van der Waals surface area contributed by atoms with E-state index in [4.69, 9.17) is 11.6 Å². The third-order valence-electron chi connectivity index (χ3n) is 5.29. The van der Waals surface area contributed by atoms with Crippen molar-refractivity contribution in [2.75, 3.05) is 0 Å². The number of aryl methyl sites for hydroxylation is 1. The molecule has 0 heterocycles. The Balaban J connectivity index is 1.54. The number of fused-ring (bicyclic) bond motifs is 3. The normalized spacial score (nSPS) is 11.5. The molecule has 4 rings (SSSR count). The van der Waals surface area contributed by atoms with Gasteiger partial charge in [-0.3, -0.25) is 0 Å². The first-order valence-corrected chi connectivity index (χ1v) is 10.2. The van der Waals surface area contributed by atoms with Crippen molar-refractivity contribution in [3.8, 4) is 23.0 Å². The standard InChI is InChI=1S/C26H22ClF/c1-2-3-4-5-18-8-11-23-21(14-18)17-22-15-19(9-12-24(22)23)6-7-20-10-13-25(27)26(28)16-20/h8-16H,2-5,17H2,1H3. The fraction of sp³-hybridized carbons (Fsp3) is 0.231. The van der Waals surface area contributed by atoms with E-state index < -0.39 is 5.82 Å². The minimum atomic E-state index is -0.437. The molecule has 2 heteroatoms. The van der Waals surface area contributed by atoms with Crippen LogP contribution in [0.5, 0.6) is 0 Å². The second kappa shape index (κ2) is 8.21. The maximum Gasteiger partial charge on any atom is 0.143 e. The summed E-state index contributed by atoms with van der Waals surface area (Å²) in [5.74, 6) is 5.74. The largest absolute Gasteiger partial charge is 0.205 e. The van der Waals surface area contributed by atoms with Gasteiger partial charge < -0.3 is 0 Å². The summed E-state index contributed by atoms with van der Waals surface area (Å²) in [6.07, 6.45) is 5.91. The van der Waals surface area contributed by atoms with Crippen LogP contribution in [-0.4, -0.2) is 0 Å². The van der Waals surface area contributed by atoms with Gasteiger partial charge in [0.05, 0.1) is 5.02 Å². The highest BCUT2D eigenvalue weighted by Gasteiger charge is 2.18. The molecule has 3 aromatic rings. The predicted octanol–water partition coefficient (Wildman–Crippen LogP) is 7.18. The van der Waals surface area contributed by atoms with Crippen molar-refractivity contribution in [1.29, 1.82) is 0 Å². The smallest absolute Gasteiger partial charge is 0.143 e. The molecule has 0 saturated carbocycles. The van der Waals surface area contributed by atoms with Gasteiger partial charge in [0.25, 0.3) is 0 Å². The van der Waals surface area contributed by atoms with Gasteiger partial charge in [-0.15, -0.1) is 0 Å². The van der Waals surface area contributed by atoms with Gasteiger partial charge in [-0.25, -0.2) is 4.39 Å². The molecule has 1 aliphatic carbocycles. The summed E-state index contributed by atoms with van der Waals surface area (Å²) in [5, 5.41) is 0.120. The SMILES string of the molecule is CCCCCc1ccc2c(c1)Cc1cc(C#Cc3ccc(Cl)c(F)c3)ccc1-2. The molecule has 0 radical (unpaired) electrons. The number of unbranched alkanes of at least 4 members (excludes halogenated alkanes) is 2. The molecule has 3 aromatic carbocycles. The molecule has 0 aliphatic heterocycles. The Labute approximate surface area is 171 Å². The van der Waals surface area contributed by atoms with Crippen LogP contribution in [-0.2, 0) is 12.8 Å². The van der Waals surface area contributed by atoms with Crippen LogP contribution in [0.3, 0.4) is 0 Å². The zero-order valence-corrected chi connectivity index (χ0v) is 16.7. The van der Waals surface area contributed by atoms with Gasteiger partial charge in [0.1, 0.15) is 5.82 Å². The van der Waals surface area contributed by atoms with Crippen LogP contribution >= 0.6 is 11.6 Å². The Bertz CT molecular complexity index is 1090. The average Bonchev–Trinajstić information content (AvgIpc) is 3.06. The third-order valence-corrected chi connectivity index (χ3v) is 5.59. The van der Waals surface area contributed by atoms with Gasteiger partial charge in [0, 0.05) is 11.1 Å². The zero-order chi connectivity index (χ0) is 19.5. The molecule has 0 atom stereocenters. The van der Waals surface area contributed by atoms with E-state index in [0.29, 0.717) is 5.56 Å². The molecular formula is C26H22ClF. The quantitative estimate of drug-likeness (QED) is 0.256. The van der Waals surface area contributed by atoms with Gasteiger partial charge in [0.15, 0.2) is 0 Å². The molecule has 0 nitrogen and oxygen atoms in total. The van der Waals surface area contributed by atoms with Gasteiger partial charge >= 0.3 is 0 Å². The fourth-order valence-corrected chi connectivity index (χ4v) is 3.91. The van der Waals surface area contributed by atoms with Crippen molar-refractivity contribution in [1.82, 2.24) is 0 Å². The zero-order valence-electron chi connectivity index (χ0n) is 16.0. The molecule has 0 N–H and O–H groups in total. The summed E-state index contributed by atoms with van der Waals surface area (Å²) in [6.45, 7) is 2.24. The van der Waals surface area contributed by atoms with Crippen molar-refractivity contribution >= 4 is 11.6 Å². The van der Waals surface area contributed by atoms with E-state index in [2.05, 4.69) is 49.1 Å². The van der Waals surface area contributed by atoms with Gasteiger partial charge in [-0.1, -0.05) is 67.5 Å². The van der Waals surface area contributed by atoms with E-state index in [1.54, 1.807) is 12.1 Å². The van der Waals surface area contributed by atoms with Crippen molar-refractivity contribution in [3.05, 3.63) is 93.3 Å². The van der Waals surface area contributed by atoms with E-state index in [-0.39, 0.29) is 5.02 Å². The third kappa shape index (κ3) is 3.98. The van der Waals surface area contributed by atoms with Crippen LogP contribution in [0, 0.1) is 17.7 Å². The van der Waals surface area contributed by atoms with Crippen LogP contribution in [0.1, 0.15) is 54.0 Å². The molecule has 0 spiro atoms. The fourth-order valence-electron chi connectivity index (χ4n) is 3.79. The molecule has 0 bridgehead atoms. The molecule has 140 valence electrons. The van der Waals surface area contributed by atoms with E-state index in [1.807, 2.05) is 6.07 Å². The Morgan fingerprint density at radius 1 is 0.857 bits per heavy atom. The van der Waals surface area contributed by atoms with Crippen molar-refractivity contribution in [3.63, 3.8) is 0 Å². The van der Waals surface area contributed by atoms with E-state index >= 15 is 0 Å². The Hall–Kier alpha value is -2.56. The predicted molar refractivity (Wildman–Crippen MR) is 115 cm³/mol. The topological polar surface area (TPSA) is 0 Å². The summed E-state index contributed by atoms with van der Waals surface area (Å²) in [4.78, 5) is 0. The summed E-state index contributed by atoms with van der Waals surface area (Å²) in [7, 11) is 0.